The highest BCUT2D eigenvalue weighted by Crippen LogP contribution is 2.10. The minimum Gasteiger partial charge on any atom is -0.349 e. The van der Waals surface area contributed by atoms with E-state index in [1.54, 1.807) is 10.9 Å². The second-order valence-electron chi connectivity index (χ2n) is 5.96. The lowest BCUT2D eigenvalue weighted by Gasteiger charge is -2.29. The molecule has 2 heterocycles. The van der Waals surface area contributed by atoms with E-state index in [9.17, 15) is 4.79 Å². The van der Waals surface area contributed by atoms with Crippen LogP contribution in [0, 0.1) is 0 Å². The maximum atomic E-state index is 12.3. The van der Waals surface area contributed by atoms with Gasteiger partial charge in [0.25, 0.3) is 5.91 Å². The van der Waals surface area contributed by atoms with Gasteiger partial charge in [0.1, 0.15) is 0 Å². The van der Waals surface area contributed by atoms with Crippen LogP contribution >= 0.6 is 0 Å². The van der Waals surface area contributed by atoms with Crippen LogP contribution in [0.2, 0.25) is 0 Å². The normalized spacial score (nSPS) is 16.6. The smallest absolute Gasteiger partial charge is 0.254 e. The maximum absolute atomic E-state index is 12.3. The molecule has 1 fully saturated rings. The molecule has 0 aliphatic carbocycles. The van der Waals surface area contributed by atoms with Gasteiger partial charge in [0.05, 0.1) is 18.3 Å². The molecule has 116 valence electrons. The minimum atomic E-state index is -0.0196. The van der Waals surface area contributed by atoms with Crippen molar-refractivity contribution >= 4 is 5.91 Å². The predicted octanol–water partition coefficient (Wildman–Crippen LogP) is 1.76. The Labute approximate surface area is 130 Å². The molecule has 2 aromatic rings. The second-order valence-corrected chi connectivity index (χ2v) is 5.96. The van der Waals surface area contributed by atoms with Gasteiger partial charge in [-0.05, 0) is 38.5 Å². The standard InChI is InChI=1S/C17H22N4O/c1-20-9-7-16(8-10-20)19-17(22)15-11-18-21(13-15)12-14-5-3-2-4-6-14/h2-6,11,13,16H,7-10,12H2,1H3,(H,19,22). The molecule has 1 aliphatic rings. The average Bonchev–Trinajstić information content (AvgIpc) is 2.99. The SMILES string of the molecule is CN1CCC(NC(=O)c2cnn(Cc3ccccc3)c2)CC1. The predicted molar refractivity (Wildman–Crippen MR) is 85.8 cm³/mol. The molecular formula is C17H22N4O. The summed E-state index contributed by atoms with van der Waals surface area (Å²) >= 11 is 0. The molecule has 1 N–H and O–H groups in total. The summed E-state index contributed by atoms with van der Waals surface area (Å²) in [6.07, 6.45) is 5.49. The van der Waals surface area contributed by atoms with Crippen LogP contribution in [0.5, 0.6) is 0 Å². The van der Waals surface area contributed by atoms with Crippen molar-refractivity contribution in [1.82, 2.24) is 20.0 Å². The molecule has 0 radical (unpaired) electrons. The quantitative estimate of drug-likeness (QED) is 0.935. The summed E-state index contributed by atoms with van der Waals surface area (Å²) in [5.74, 6) is -0.0196. The van der Waals surface area contributed by atoms with Crippen LogP contribution in [-0.2, 0) is 6.54 Å². The van der Waals surface area contributed by atoms with E-state index >= 15 is 0 Å². The topological polar surface area (TPSA) is 50.2 Å². The van der Waals surface area contributed by atoms with E-state index in [0.717, 1.165) is 25.9 Å². The summed E-state index contributed by atoms with van der Waals surface area (Å²) in [6.45, 7) is 2.76. The second kappa shape index (κ2) is 6.75. The number of benzene rings is 1. The number of nitrogens with zero attached hydrogens (tertiary/aromatic N) is 3. The van der Waals surface area contributed by atoms with Crippen molar-refractivity contribution in [2.75, 3.05) is 20.1 Å². The summed E-state index contributed by atoms with van der Waals surface area (Å²) in [6, 6.07) is 10.4. The van der Waals surface area contributed by atoms with E-state index < -0.39 is 0 Å². The van der Waals surface area contributed by atoms with Crippen molar-refractivity contribution in [3.05, 3.63) is 53.9 Å². The fourth-order valence-corrected chi connectivity index (χ4v) is 2.76. The zero-order chi connectivity index (χ0) is 15.4. The zero-order valence-electron chi connectivity index (χ0n) is 12.9. The Morgan fingerprint density at radius 2 is 2.00 bits per heavy atom. The largest absolute Gasteiger partial charge is 0.349 e. The van der Waals surface area contributed by atoms with E-state index in [0.29, 0.717) is 12.1 Å². The molecule has 1 aromatic carbocycles. The summed E-state index contributed by atoms with van der Waals surface area (Å²) in [5, 5.41) is 7.40. The molecule has 5 heteroatoms. The Hall–Kier alpha value is -2.14. The molecule has 1 aliphatic heterocycles. The molecule has 0 atom stereocenters. The molecule has 0 bridgehead atoms. The first-order valence-corrected chi connectivity index (χ1v) is 7.76. The van der Waals surface area contributed by atoms with Crippen molar-refractivity contribution in [3.63, 3.8) is 0 Å². The Morgan fingerprint density at radius 1 is 1.27 bits per heavy atom. The lowest BCUT2D eigenvalue weighted by atomic mass is 10.1. The molecule has 3 rings (SSSR count). The fraction of sp³-hybridized carbons (Fsp3) is 0.412. The number of amides is 1. The third kappa shape index (κ3) is 3.74. The number of carbonyl (C=O) groups is 1. The summed E-state index contributed by atoms with van der Waals surface area (Å²) in [7, 11) is 2.12. The first kappa shape index (κ1) is 14.8. The molecule has 1 amide bonds. The third-order valence-corrected chi connectivity index (χ3v) is 4.14. The summed E-state index contributed by atoms with van der Waals surface area (Å²) in [4.78, 5) is 14.6. The molecule has 22 heavy (non-hydrogen) atoms. The highest BCUT2D eigenvalue weighted by atomic mass is 16.1. The average molecular weight is 298 g/mol. The molecule has 1 saturated heterocycles. The third-order valence-electron chi connectivity index (χ3n) is 4.14. The fourth-order valence-electron chi connectivity index (χ4n) is 2.76. The van der Waals surface area contributed by atoms with Crippen LogP contribution in [0.25, 0.3) is 0 Å². The van der Waals surface area contributed by atoms with Gasteiger partial charge in [-0.3, -0.25) is 9.48 Å². The van der Waals surface area contributed by atoms with E-state index in [1.807, 2.05) is 24.4 Å². The zero-order valence-corrected chi connectivity index (χ0v) is 12.9. The number of likely N-dealkylation sites (tertiary alicyclic amines) is 1. The van der Waals surface area contributed by atoms with Crippen LogP contribution < -0.4 is 5.32 Å². The Bertz CT molecular complexity index is 615. The van der Waals surface area contributed by atoms with Crippen molar-refractivity contribution in [2.45, 2.75) is 25.4 Å². The van der Waals surface area contributed by atoms with Gasteiger partial charge in [-0.2, -0.15) is 5.10 Å². The van der Waals surface area contributed by atoms with Crippen molar-refractivity contribution in [1.29, 1.82) is 0 Å². The number of piperidine rings is 1. The number of hydrogen-bond acceptors (Lipinski definition) is 3. The van der Waals surface area contributed by atoms with Gasteiger partial charge in [0, 0.05) is 12.2 Å². The first-order chi connectivity index (χ1) is 10.7. The van der Waals surface area contributed by atoms with Crippen LogP contribution in [0.1, 0.15) is 28.8 Å². The number of rotatable bonds is 4. The minimum absolute atomic E-state index is 0.0196. The Kier molecular flexibility index (Phi) is 4.53. The molecule has 5 nitrogen and oxygen atoms in total. The first-order valence-electron chi connectivity index (χ1n) is 7.76. The lowest BCUT2D eigenvalue weighted by Crippen LogP contribution is -2.43. The van der Waals surface area contributed by atoms with Gasteiger partial charge < -0.3 is 10.2 Å². The molecular weight excluding hydrogens is 276 g/mol. The van der Waals surface area contributed by atoms with Crippen LogP contribution in [-0.4, -0.2) is 46.8 Å². The van der Waals surface area contributed by atoms with Gasteiger partial charge in [0.15, 0.2) is 0 Å². The summed E-state index contributed by atoms with van der Waals surface area (Å²) in [5.41, 5.74) is 1.81. The van der Waals surface area contributed by atoms with E-state index in [4.69, 9.17) is 0 Å². The number of carbonyl (C=O) groups excluding carboxylic acids is 1. The maximum Gasteiger partial charge on any atom is 0.254 e. The lowest BCUT2D eigenvalue weighted by molar-refractivity contribution is 0.0917. The van der Waals surface area contributed by atoms with Crippen LogP contribution in [0.3, 0.4) is 0 Å². The summed E-state index contributed by atoms with van der Waals surface area (Å²) < 4.78 is 1.80. The van der Waals surface area contributed by atoms with Gasteiger partial charge in [-0.1, -0.05) is 30.3 Å². The van der Waals surface area contributed by atoms with E-state index in [-0.39, 0.29) is 11.9 Å². The molecule has 1 aromatic heterocycles. The molecule has 0 spiro atoms. The monoisotopic (exact) mass is 298 g/mol. The highest BCUT2D eigenvalue weighted by molar-refractivity contribution is 5.93. The highest BCUT2D eigenvalue weighted by Gasteiger charge is 2.19. The number of aromatic nitrogens is 2. The van der Waals surface area contributed by atoms with Crippen molar-refractivity contribution in [2.24, 2.45) is 0 Å². The molecule has 0 unspecified atom stereocenters. The van der Waals surface area contributed by atoms with Gasteiger partial charge in [0.2, 0.25) is 0 Å². The molecule has 0 saturated carbocycles. The number of nitrogens with one attached hydrogen (secondary N) is 1. The van der Waals surface area contributed by atoms with E-state index in [2.05, 4.69) is 34.5 Å². The van der Waals surface area contributed by atoms with Crippen molar-refractivity contribution < 1.29 is 4.79 Å². The van der Waals surface area contributed by atoms with E-state index in [1.165, 1.54) is 5.56 Å². The van der Waals surface area contributed by atoms with Crippen LogP contribution in [0.15, 0.2) is 42.7 Å². The van der Waals surface area contributed by atoms with Crippen LogP contribution in [0.4, 0.5) is 0 Å². The van der Waals surface area contributed by atoms with Gasteiger partial charge in [-0.25, -0.2) is 0 Å². The van der Waals surface area contributed by atoms with Gasteiger partial charge >= 0.3 is 0 Å². The Balaban J connectivity index is 1.57. The van der Waals surface area contributed by atoms with Crippen molar-refractivity contribution in [3.8, 4) is 0 Å². The Morgan fingerprint density at radius 3 is 2.73 bits per heavy atom. The van der Waals surface area contributed by atoms with Gasteiger partial charge in [-0.15, -0.1) is 0 Å². The number of hydrogen-bond donors (Lipinski definition) is 1.